The predicted molar refractivity (Wildman–Crippen MR) is 84.0 cm³/mol. The molecule has 0 radical (unpaired) electrons. The molecular weight excluding hydrogens is 262 g/mol. The summed E-state index contributed by atoms with van der Waals surface area (Å²) in [7, 11) is 0. The van der Waals surface area contributed by atoms with Gasteiger partial charge in [-0.15, -0.1) is 0 Å². The predicted octanol–water partition coefficient (Wildman–Crippen LogP) is 3.35. The number of hydrogen-bond acceptors (Lipinski definition) is 3. The van der Waals surface area contributed by atoms with Crippen molar-refractivity contribution >= 4 is 0 Å². The second-order valence-electron chi connectivity index (χ2n) is 5.20. The van der Waals surface area contributed by atoms with Crippen molar-refractivity contribution < 1.29 is 9.47 Å². The number of likely N-dealkylation sites (N-methyl/N-ethyl adjacent to an activating group) is 1. The standard InChI is InChI=1S/C18H21NO2/c1-2-19-16(15-6-4-3-5-7-15)12-14-8-9-17-18(13-14)21-11-10-20-17/h3-9,13,16,19H,2,10-12H2,1H3. The van der Waals surface area contributed by atoms with Crippen LogP contribution >= 0.6 is 0 Å². The highest BCUT2D eigenvalue weighted by Crippen LogP contribution is 2.32. The van der Waals surface area contributed by atoms with Gasteiger partial charge >= 0.3 is 0 Å². The second-order valence-corrected chi connectivity index (χ2v) is 5.20. The molecule has 1 atom stereocenters. The molecule has 2 aromatic rings. The molecule has 1 aliphatic rings. The Morgan fingerprint density at radius 3 is 2.52 bits per heavy atom. The Morgan fingerprint density at radius 2 is 1.76 bits per heavy atom. The van der Waals surface area contributed by atoms with Crippen LogP contribution in [0.4, 0.5) is 0 Å². The molecule has 1 heterocycles. The maximum atomic E-state index is 5.67. The second kappa shape index (κ2) is 6.64. The minimum absolute atomic E-state index is 0.318. The first-order chi connectivity index (χ1) is 10.4. The monoisotopic (exact) mass is 283 g/mol. The number of nitrogens with one attached hydrogen (secondary N) is 1. The van der Waals surface area contributed by atoms with Crippen molar-refractivity contribution in [3.63, 3.8) is 0 Å². The number of rotatable bonds is 5. The van der Waals surface area contributed by atoms with Gasteiger partial charge in [0.25, 0.3) is 0 Å². The van der Waals surface area contributed by atoms with E-state index in [1.165, 1.54) is 11.1 Å². The van der Waals surface area contributed by atoms with Crippen molar-refractivity contribution in [1.29, 1.82) is 0 Å². The molecule has 0 fully saturated rings. The summed E-state index contributed by atoms with van der Waals surface area (Å²) in [6.45, 7) is 4.35. The fourth-order valence-electron chi connectivity index (χ4n) is 2.69. The van der Waals surface area contributed by atoms with Crippen molar-refractivity contribution in [2.45, 2.75) is 19.4 Å². The van der Waals surface area contributed by atoms with E-state index in [0.717, 1.165) is 24.5 Å². The van der Waals surface area contributed by atoms with Gasteiger partial charge in [-0.3, -0.25) is 0 Å². The zero-order valence-corrected chi connectivity index (χ0v) is 12.3. The molecule has 3 rings (SSSR count). The highest BCUT2D eigenvalue weighted by molar-refractivity contribution is 5.44. The molecule has 3 heteroatoms. The van der Waals surface area contributed by atoms with Crippen molar-refractivity contribution in [2.24, 2.45) is 0 Å². The zero-order valence-electron chi connectivity index (χ0n) is 12.3. The fourth-order valence-corrected chi connectivity index (χ4v) is 2.69. The van der Waals surface area contributed by atoms with Crippen LogP contribution < -0.4 is 14.8 Å². The van der Waals surface area contributed by atoms with Gasteiger partial charge in [0.15, 0.2) is 11.5 Å². The van der Waals surface area contributed by atoms with E-state index in [4.69, 9.17) is 9.47 Å². The third-order valence-corrected chi connectivity index (χ3v) is 3.70. The van der Waals surface area contributed by atoms with Crippen LogP contribution in [0.25, 0.3) is 0 Å². The van der Waals surface area contributed by atoms with Crippen LogP contribution in [0.2, 0.25) is 0 Å². The van der Waals surface area contributed by atoms with Gasteiger partial charge in [-0.1, -0.05) is 43.3 Å². The van der Waals surface area contributed by atoms with Crippen LogP contribution in [-0.2, 0) is 6.42 Å². The average molecular weight is 283 g/mol. The maximum Gasteiger partial charge on any atom is 0.161 e. The Kier molecular flexibility index (Phi) is 4.41. The van der Waals surface area contributed by atoms with Crippen LogP contribution in [0.3, 0.4) is 0 Å². The highest BCUT2D eigenvalue weighted by Gasteiger charge is 2.15. The Bertz CT molecular complexity index is 583. The van der Waals surface area contributed by atoms with Crippen molar-refractivity contribution in [2.75, 3.05) is 19.8 Å². The molecule has 1 aliphatic heterocycles. The largest absolute Gasteiger partial charge is 0.486 e. The molecule has 0 amide bonds. The molecule has 1 unspecified atom stereocenters. The van der Waals surface area contributed by atoms with E-state index in [9.17, 15) is 0 Å². The molecule has 1 N–H and O–H groups in total. The Hall–Kier alpha value is -2.00. The third-order valence-electron chi connectivity index (χ3n) is 3.70. The summed E-state index contributed by atoms with van der Waals surface area (Å²) in [5.74, 6) is 1.71. The molecule has 3 nitrogen and oxygen atoms in total. The van der Waals surface area contributed by atoms with E-state index < -0.39 is 0 Å². The van der Waals surface area contributed by atoms with Crippen molar-refractivity contribution in [3.8, 4) is 11.5 Å². The number of ether oxygens (including phenoxy) is 2. The number of benzene rings is 2. The summed E-state index contributed by atoms with van der Waals surface area (Å²) in [5, 5.41) is 3.56. The molecule has 0 spiro atoms. The quantitative estimate of drug-likeness (QED) is 0.913. The molecule has 21 heavy (non-hydrogen) atoms. The number of hydrogen-bond donors (Lipinski definition) is 1. The normalized spacial score (nSPS) is 14.7. The van der Waals surface area contributed by atoms with Gasteiger partial charge in [-0.25, -0.2) is 0 Å². The first-order valence-corrected chi connectivity index (χ1v) is 7.53. The molecule has 0 saturated carbocycles. The van der Waals surface area contributed by atoms with Gasteiger partial charge in [0.05, 0.1) is 0 Å². The van der Waals surface area contributed by atoms with E-state index >= 15 is 0 Å². The van der Waals surface area contributed by atoms with Crippen LogP contribution in [-0.4, -0.2) is 19.8 Å². The van der Waals surface area contributed by atoms with Crippen LogP contribution in [0, 0.1) is 0 Å². The minimum Gasteiger partial charge on any atom is -0.486 e. The lowest BCUT2D eigenvalue weighted by atomic mass is 9.98. The van der Waals surface area contributed by atoms with Crippen LogP contribution in [0.1, 0.15) is 24.1 Å². The summed E-state index contributed by atoms with van der Waals surface area (Å²) in [6.07, 6.45) is 0.939. The first kappa shape index (κ1) is 14.0. The van der Waals surface area contributed by atoms with Crippen LogP contribution in [0.5, 0.6) is 11.5 Å². The van der Waals surface area contributed by atoms with Gasteiger partial charge in [0, 0.05) is 6.04 Å². The SMILES string of the molecule is CCNC(Cc1ccc2c(c1)OCCO2)c1ccccc1. The lowest BCUT2D eigenvalue weighted by Crippen LogP contribution is -2.23. The molecule has 0 aliphatic carbocycles. The highest BCUT2D eigenvalue weighted by atomic mass is 16.6. The molecule has 0 saturated heterocycles. The minimum atomic E-state index is 0.318. The van der Waals surface area contributed by atoms with Crippen LogP contribution in [0.15, 0.2) is 48.5 Å². The number of fused-ring (bicyclic) bond motifs is 1. The van der Waals surface area contributed by atoms with E-state index in [2.05, 4.69) is 54.7 Å². The zero-order chi connectivity index (χ0) is 14.5. The Labute approximate surface area is 125 Å². The summed E-state index contributed by atoms with van der Waals surface area (Å²) in [5.41, 5.74) is 2.57. The molecule has 2 aromatic carbocycles. The molecule has 0 bridgehead atoms. The van der Waals surface area contributed by atoms with Crippen molar-refractivity contribution in [1.82, 2.24) is 5.32 Å². The van der Waals surface area contributed by atoms with Gasteiger partial charge in [0.2, 0.25) is 0 Å². The summed E-state index contributed by atoms with van der Waals surface area (Å²) < 4.78 is 11.2. The first-order valence-electron chi connectivity index (χ1n) is 7.53. The topological polar surface area (TPSA) is 30.5 Å². The van der Waals surface area contributed by atoms with E-state index in [1.807, 2.05) is 6.07 Å². The van der Waals surface area contributed by atoms with E-state index in [1.54, 1.807) is 0 Å². The molecule has 110 valence electrons. The van der Waals surface area contributed by atoms with Gasteiger partial charge in [-0.05, 0) is 36.2 Å². The Balaban J connectivity index is 1.79. The summed E-state index contributed by atoms with van der Waals surface area (Å²) >= 11 is 0. The molecule has 0 aromatic heterocycles. The summed E-state index contributed by atoms with van der Waals surface area (Å²) in [6, 6.07) is 17.1. The molecular formula is C18H21NO2. The smallest absolute Gasteiger partial charge is 0.161 e. The van der Waals surface area contributed by atoms with Crippen molar-refractivity contribution in [3.05, 3.63) is 59.7 Å². The fraction of sp³-hybridized carbons (Fsp3) is 0.333. The average Bonchev–Trinajstić information content (AvgIpc) is 2.55. The van der Waals surface area contributed by atoms with Gasteiger partial charge in [0.1, 0.15) is 13.2 Å². The van der Waals surface area contributed by atoms with E-state index in [-0.39, 0.29) is 0 Å². The van der Waals surface area contributed by atoms with E-state index in [0.29, 0.717) is 19.3 Å². The van der Waals surface area contributed by atoms with Gasteiger partial charge < -0.3 is 14.8 Å². The summed E-state index contributed by atoms with van der Waals surface area (Å²) in [4.78, 5) is 0. The Morgan fingerprint density at radius 1 is 1.00 bits per heavy atom. The third kappa shape index (κ3) is 3.37. The lowest BCUT2D eigenvalue weighted by molar-refractivity contribution is 0.171. The van der Waals surface area contributed by atoms with Gasteiger partial charge in [-0.2, -0.15) is 0 Å². The lowest BCUT2D eigenvalue weighted by Gasteiger charge is -2.21. The maximum absolute atomic E-state index is 5.67.